The van der Waals surface area contributed by atoms with Crippen molar-refractivity contribution in [1.82, 2.24) is 0 Å². The summed E-state index contributed by atoms with van der Waals surface area (Å²) in [5, 5.41) is 12.3. The summed E-state index contributed by atoms with van der Waals surface area (Å²) in [4.78, 5) is 10.3. The molecule has 0 aliphatic heterocycles. The lowest BCUT2D eigenvalue weighted by Crippen LogP contribution is -1.93. The lowest BCUT2D eigenvalue weighted by Gasteiger charge is -2.06. The maximum absolute atomic E-state index is 10.3. The predicted octanol–water partition coefficient (Wildman–Crippen LogP) is 2.63. The molecule has 0 heterocycles. The van der Waals surface area contributed by atoms with Gasteiger partial charge in [0.15, 0.2) is 0 Å². The molecule has 2 aromatic carbocycles. The number of amides is 1. The number of benzene rings is 2. The van der Waals surface area contributed by atoms with E-state index in [1.165, 1.54) is 0 Å². The average molecular weight is 213 g/mol. The van der Waals surface area contributed by atoms with Gasteiger partial charge in [-0.25, -0.2) is 0 Å². The third-order valence-corrected chi connectivity index (χ3v) is 2.30. The molecule has 1 amide bonds. The van der Waals surface area contributed by atoms with E-state index in [4.69, 9.17) is 0 Å². The molecular formula is C13H11NO2. The maximum atomic E-state index is 10.3. The molecule has 0 radical (unpaired) electrons. The molecule has 2 aromatic rings. The van der Waals surface area contributed by atoms with Gasteiger partial charge in [0.1, 0.15) is 5.75 Å². The number of anilines is 1. The molecule has 80 valence electrons. The Bertz CT molecular complexity index is 509. The highest BCUT2D eigenvalue weighted by atomic mass is 16.3. The van der Waals surface area contributed by atoms with E-state index in [0.29, 0.717) is 12.1 Å². The molecule has 0 fully saturated rings. The Labute approximate surface area is 93.4 Å². The molecule has 16 heavy (non-hydrogen) atoms. The largest absolute Gasteiger partial charge is 0.507 e. The second kappa shape index (κ2) is 4.49. The first-order chi connectivity index (χ1) is 7.81. The molecule has 0 aromatic heterocycles. The number of hydrogen-bond acceptors (Lipinski definition) is 2. The Morgan fingerprint density at radius 1 is 1.06 bits per heavy atom. The SMILES string of the molecule is O=CNc1cccc(-c2ccccc2O)c1. The van der Waals surface area contributed by atoms with Gasteiger partial charge in [-0.3, -0.25) is 4.79 Å². The van der Waals surface area contributed by atoms with Crippen LogP contribution >= 0.6 is 0 Å². The van der Waals surface area contributed by atoms with Crippen LogP contribution in [0.25, 0.3) is 11.1 Å². The number of rotatable bonds is 3. The van der Waals surface area contributed by atoms with E-state index in [9.17, 15) is 9.90 Å². The van der Waals surface area contributed by atoms with E-state index in [1.807, 2.05) is 30.3 Å². The van der Waals surface area contributed by atoms with E-state index in [1.54, 1.807) is 18.2 Å². The number of phenols is 1. The van der Waals surface area contributed by atoms with Crippen molar-refractivity contribution in [1.29, 1.82) is 0 Å². The van der Waals surface area contributed by atoms with Gasteiger partial charge in [0, 0.05) is 11.3 Å². The number of hydrogen-bond donors (Lipinski definition) is 2. The van der Waals surface area contributed by atoms with Gasteiger partial charge in [-0.05, 0) is 23.8 Å². The summed E-state index contributed by atoms with van der Waals surface area (Å²) in [6, 6.07) is 14.4. The summed E-state index contributed by atoms with van der Waals surface area (Å²) in [5.41, 5.74) is 2.32. The highest BCUT2D eigenvalue weighted by Crippen LogP contribution is 2.29. The van der Waals surface area contributed by atoms with E-state index < -0.39 is 0 Å². The second-order valence-corrected chi connectivity index (χ2v) is 3.36. The van der Waals surface area contributed by atoms with Crippen molar-refractivity contribution in [3.63, 3.8) is 0 Å². The van der Waals surface area contributed by atoms with Gasteiger partial charge in [0.25, 0.3) is 0 Å². The van der Waals surface area contributed by atoms with Gasteiger partial charge >= 0.3 is 0 Å². The van der Waals surface area contributed by atoms with Crippen molar-refractivity contribution in [3.05, 3.63) is 48.5 Å². The smallest absolute Gasteiger partial charge is 0.211 e. The van der Waals surface area contributed by atoms with Gasteiger partial charge in [-0.2, -0.15) is 0 Å². The lowest BCUT2D eigenvalue weighted by atomic mass is 10.0. The molecule has 0 bridgehead atoms. The Hall–Kier alpha value is -2.29. The van der Waals surface area contributed by atoms with Gasteiger partial charge < -0.3 is 10.4 Å². The zero-order valence-electron chi connectivity index (χ0n) is 8.55. The van der Waals surface area contributed by atoms with Crippen LogP contribution in [0, 0.1) is 0 Å². The van der Waals surface area contributed by atoms with Crippen LogP contribution < -0.4 is 5.32 Å². The minimum atomic E-state index is 0.228. The van der Waals surface area contributed by atoms with Gasteiger partial charge in [0.05, 0.1) is 0 Å². The van der Waals surface area contributed by atoms with Crippen molar-refractivity contribution in [3.8, 4) is 16.9 Å². The predicted molar refractivity (Wildman–Crippen MR) is 63.2 cm³/mol. The van der Waals surface area contributed by atoms with Crippen molar-refractivity contribution in [2.75, 3.05) is 5.32 Å². The van der Waals surface area contributed by atoms with Crippen LogP contribution in [0.2, 0.25) is 0 Å². The summed E-state index contributed by atoms with van der Waals surface area (Å²) < 4.78 is 0. The Morgan fingerprint density at radius 2 is 1.88 bits per heavy atom. The fourth-order valence-corrected chi connectivity index (χ4v) is 1.56. The molecule has 2 rings (SSSR count). The first-order valence-corrected chi connectivity index (χ1v) is 4.90. The van der Waals surface area contributed by atoms with Crippen molar-refractivity contribution in [2.45, 2.75) is 0 Å². The molecule has 0 unspecified atom stereocenters. The molecule has 3 nitrogen and oxygen atoms in total. The number of para-hydroxylation sites is 1. The fraction of sp³-hybridized carbons (Fsp3) is 0. The molecule has 0 spiro atoms. The number of phenolic OH excluding ortho intramolecular Hbond substituents is 1. The van der Waals surface area contributed by atoms with Crippen LogP contribution in [0.3, 0.4) is 0 Å². The Kier molecular flexibility index (Phi) is 2.87. The summed E-state index contributed by atoms with van der Waals surface area (Å²) in [7, 11) is 0. The van der Waals surface area contributed by atoms with Crippen LogP contribution in [-0.2, 0) is 4.79 Å². The van der Waals surface area contributed by atoms with E-state index >= 15 is 0 Å². The van der Waals surface area contributed by atoms with Crippen LogP contribution in [0.1, 0.15) is 0 Å². The second-order valence-electron chi connectivity index (χ2n) is 3.36. The number of aromatic hydroxyl groups is 1. The highest BCUT2D eigenvalue weighted by Gasteiger charge is 2.03. The lowest BCUT2D eigenvalue weighted by molar-refractivity contribution is -0.105. The van der Waals surface area contributed by atoms with Crippen LogP contribution in [-0.4, -0.2) is 11.5 Å². The fourth-order valence-electron chi connectivity index (χ4n) is 1.56. The minimum Gasteiger partial charge on any atom is -0.507 e. The first kappa shape index (κ1) is 10.2. The monoisotopic (exact) mass is 213 g/mol. The molecule has 2 N–H and O–H groups in total. The highest BCUT2D eigenvalue weighted by molar-refractivity contribution is 5.77. The number of nitrogens with one attached hydrogen (secondary N) is 1. The third kappa shape index (κ3) is 2.03. The van der Waals surface area contributed by atoms with Crippen molar-refractivity contribution in [2.24, 2.45) is 0 Å². The number of carbonyl (C=O) groups is 1. The van der Waals surface area contributed by atoms with Gasteiger partial charge in [0.2, 0.25) is 6.41 Å². The maximum Gasteiger partial charge on any atom is 0.211 e. The summed E-state index contributed by atoms with van der Waals surface area (Å²) in [5.74, 6) is 0.228. The molecule has 0 saturated heterocycles. The van der Waals surface area contributed by atoms with E-state index in [2.05, 4.69) is 5.32 Å². The Morgan fingerprint density at radius 3 is 2.62 bits per heavy atom. The van der Waals surface area contributed by atoms with Crippen molar-refractivity contribution >= 4 is 12.1 Å². The summed E-state index contributed by atoms with van der Waals surface area (Å²) in [6.45, 7) is 0. The minimum absolute atomic E-state index is 0.228. The quantitative estimate of drug-likeness (QED) is 0.770. The molecule has 0 aliphatic rings. The Balaban J connectivity index is 2.44. The third-order valence-electron chi connectivity index (χ3n) is 2.30. The molecular weight excluding hydrogens is 202 g/mol. The molecule has 0 saturated carbocycles. The molecule has 3 heteroatoms. The molecule has 0 atom stereocenters. The van der Waals surface area contributed by atoms with Gasteiger partial charge in [-0.1, -0.05) is 30.3 Å². The van der Waals surface area contributed by atoms with E-state index in [0.717, 1.165) is 11.1 Å². The van der Waals surface area contributed by atoms with Crippen LogP contribution in [0.15, 0.2) is 48.5 Å². The normalized spacial score (nSPS) is 9.75. The standard InChI is InChI=1S/C13H11NO2/c15-9-14-11-5-3-4-10(8-11)12-6-1-2-7-13(12)16/h1-9,16H,(H,14,15). The zero-order chi connectivity index (χ0) is 11.4. The average Bonchev–Trinajstić information content (AvgIpc) is 2.30. The summed E-state index contributed by atoms with van der Waals surface area (Å²) >= 11 is 0. The number of carbonyl (C=O) groups excluding carboxylic acids is 1. The van der Waals surface area contributed by atoms with E-state index in [-0.39, 0.29) is 5.75 Å². The van der Waals surface area contributed by atoms with Crippen LogP contribution in [0.4, 0.5) is 5.69 Å². The zero-order valence-corrected chi connectivity index (χ0v) is 8.55. The van der Waals surface area contributed by atoms with Gasteiger partial charge in [-0.15, -0.1) is 0 Å². The topological polar surface area (TPSA) is 49.3 Å². The van der Waals surface area contributed by atoms with Crippen molar-refractivity contribution < 1.29 is 9.90 Å². The molecule has 0 aliphatic carbocycles. The first-order valence-electron chi connectivity index (χ1n) is 4.90. The van der Waals surface area contributed by atoms with Crippen LogP contribution in [0.5, 0.6) is 5.75 Å². The summed E-state index contributed by atoms with van der Waals surface area (Å²) in [6.07, 6.45) is 0.629.